The second-order valence-corrected chi connectivity index (χ2v) is 7.48. The standard InChI is InChI=1S/C22H25N5/c1-16-4-2-5-17-6-3-7-20(21(16)17)27-11-8-18-19(14-27)24-15-25-22(18)26-12-9-23-10-13-26/h2-7,15,23H,8-14H2,1H3. The van der Waals surface area contributed by atoms with Crippen LogP contribution in [0.4, 0.5) is 11.5 Å². The van der Waals surface area contributed by atoms with E-state index in [1.807, 2.05) is 0 Å². The van der Waals surface area contributed by atoms with E-state index in [9.17, 15) is 0 Å². The third-order valence-electron chi connectivity index (χ3n) is 5.83. The molecule has 1 N–H and O–H groups in total. The molecule has 0 spiro atoms. The zero-order valence-corrected chi connectivity index (χ0v) is 15.8. The first kappa shape index (κ1) is 16.5. The van der Waals surface area contributed by atoms with Gasteiger partial charge in [0.25, 0.3) is 0 Å². The minimum absolute atomic E-state index is 0.852. The summed E-state index contributed by atoms with van der Waals surface area (Å²) in [5.74, 6) is 1.15. The summed E-state index contributed by atoms with van der Waals surface area (Å²) in [6, 6.07) is 13.2. The van der Waals surface area contributed by atoms with E-state index >= 15 is 0 Å². The van der Waals surface area contributed by atoms with Gasteiger partial charge < -0.3 is 15.1 Å². The largest absolute Gasteiger partial charge is 0.365 e. The third-order valence-corrected chi connectivity index (χ3v) is 5.83. The van der Waals surface area contributed by atoms with Crippen LogP contribution in [-0.2, 0) is 13.0 Å². The lowest BCUT2D eigenvalue weighted by Crippen LogP contribution is -2.45. The highest BCUT2D eigenvalue weighted by Gasteiger charge is 2.25. The SMILES string of the molecule is Cc1cccc2cccc(N3CCc4c(ncnc4N4CCNCC4)C3)c12. The molecule has 2 aromatic carbocycles. The number of aromatic nitrogens is 2. The Morgan fingerprint density at radius 1 is 0.926 bits per heavy atom. The molecular weight excluding hydrogens is 334 g/mol. The van der Waals surface area contributed by atoms with E-state index in [1.165, 1.54) is 33.3 Å². The van der Waals surface area contributed by atoms with Crippen LogP contribution >= 0.6 is 0 Å². The van der Waals surface area contributed by atoms with Crippen molar-refractivity contribution in [3.8, 4) is 0 Å². The van der Waals surface area contributed by atoms with Crippen LogP contribution < -0.4 is 15.1 Å². The number of nitrogens with zero attached hydrogens (tertiary/aromatic N) is 4. The van der Waals surface area contributed by atoms with Crippen LogP contribution in [0.1, 0.15) is 16.8 Å². The molecule has 0 amide bonds. The molecule has 138 valence electrons. The number of rotatable bonds is 2. The minimum atomic E-state index is 0.852. The summed E-state index contributed by atoms with van der Waals surface area (Å²) >= 11 is 0. The molecule has 5 heteroatoms. The second-order valence-electron chi connectivity index (χ2n) is 7.48. The van der Waals surface area contributed by atoms with Crippen LogP contribution in [-0.4, -0.2) is 42.7 Å². The van der Waals surface area contributed by atoms with Crippen molar-refractivity contribution in [3.05, 3.63) is 59.5 Å². The molecular formula is C22H25N5. The molecule has 2 aliphatic rings. The first-order valence-corrected chi connectivity index (χ1v) is 9.83. The summed E-state index contributed by atoms with van der Waals surface area (Å²) in [7, 11) is 0. The van der Waals surface area contributed by atoms with Gasteiger partial charge in [0.15, 0.2) is 0 Å². The van der Waals surface area contributed by atoms with Crippen molar-refractivity contribution in [2.45, 2.75) is 19.9 Å². The van der Waals surface area contributed by atoms with Crippen molar-refractivity contribution in [1.29, 1.82) is 0 Å². The van der Waals surface area contributed by atoms with E-state index < -0.39 is 0 Å². The summed E-state index contributed by atoms with van der Waals surface area (Å²) in [4.78, 5) is 14.2. The zero-order chi connectivity index (χ0) is 18.2. The number of benzene rings is 2. The predicted octanol–water partition coefficient (Wildman–Crippen LogP) is 2.91. The molecule has 0 atom stereocenters. The zero-order valence-electron chi connectivity index (χ0n) is 15.8. The highest BCUT2D eigenvalue weighted by molar-refractivity contribution is 5.97. The molecule has 5 nitrogen and oxygen atoms in total. The van der Waals surface area contributed by atoms with Gasteiger partial charge in [0.05, 0.1) is 12.2 Å². The van der Waals surface area contributed by atoms with E-state index in [1.54, 1.807) is 6.33 Å². The quantitative estimate of drug-likeness (QED) is 0.762. The normalized spacial score (nSPS) is 17.2. The minimum Gasteiger partial charge on any atom is -0.365 e. The lowest BCUT2D eigenvalue weighted by molar-refractivity contribution is 0.579. The van der Waals surface area contributed by atoms with Crippen molar-refractivity contribution in [2.24, 2.45) is 0 Å². The van der Waals surface area contributed by atoms with Crippen LogP contribution in [0.25, 0.3) is 10.8 Å². The smallest absolute Gasteiger partial charge is 0.135 e. The van der Waals surface area contributed by atoms with Gasteiger partial charge in [-0.05, 0) is 30.4 Å². The van der Waals surface area contributed by atoms with Gasteiger partial charge in [0, 0.05) is 49.4 Å². The Bertz CT molecular complexity index is 972. The third kappa shape index (κ3) is 2.92. The van der Waals surface area contributed by atoms with Gasteiger partial charge in [0.2, 0.25) is 0 Å². The molecule has 0 bridgehead atoms. The Labute approximate surface area is 160 Å². The maximum absolute atomic E-state index is 4.66. The van der Waals surface area contributed by atoms with Crippen molar-refractivity contribution < 1.29 is 0 Å². The average Bonchev–Trinajstić information content (AvgIpc) is 2.73. The maximum atomic E-state index is 4.66. The van der Waals surface area contributed by atoms with Crippen molar-refractivity contribution >= 4 is 22.3 Å². The number of aryl methyl sites for hydroxylation is 1. The molecule has 0 aliphatic carbocycles. The molecule has 3 heterocycles. The van der Waals surface area contributed by atoms with E-state index in [2.05, 4.69) is 68.4 Å². The summed E-state index contributed by atoms with van der Waals surface area (Å²) in [6.45, 7) is 8.16. The monoisotopic (exact) mass is 359 g/mol. The van der Waals surface area contributed by atoms with E-state index in [-0.39, 0.29) is 0 Å². The molecule has 1 fully saturated rings. The molecule has 1 aromatic heterocycles. The highest BCUT2D eigenvalue weighted by Crippen LogP contribution is 2.34. The van der Waals surface area contributed by atoms with Crippen LogP contribution in [0.15, 0.2) is 42.7 Å². The van der Waals surface area contributed by atoms with Gasteiger partial charge in [-0.25, -0.2) is 9.97 Å². The van der Waals surface area contributed by atoms with Gasteiger partial charge in [-0.1, -0.05) is 30.3 Å². The van der Waals surface area contributed by atoms with E-state index in [0.29, 0.717) is 0 Å². The summed E-state index contributed by atoms with van der Waals surface area (Å²) in [6.07, 6.45) is 2.74. The van der Waals surface area contributed by atoms with Gasteiger partial charge in [-0.2, -0.15) is 0 Å². The Balaban J connectivity index is 1.51. The Morgan fingerprint density at radius 3 is 2.59 bits per heavy atom. The maximum Gasteiger partial charge on any atom is 0.135 e. The van der Waals surface area contributed by atoms with Crippen LogP contribution in [0, 0.1) is 6.92 Å². The van der Waals surface area contributed by atoms with Crippen LogP contribution in [0.5, 0.6) is 0 Å². The number of fused-ring (bicyclic) bond motifs is 2. The molecule has 5 rings (SSSR count). The van der Waals surface area contributed by atoms with Crippen LogP contribution in [0.2, 0.25) is 0 Å². The van der Waals surface area contributed by atoms with Gasteiger partial charge in [-0.15, -0.1) is 0 Å². The lowest BCUT2D eigenvalue weighted by Gasteiger charge is -2.35. The topological polar surface area (TPSA) is 44.3 Å². The summed E-state index contributed by atoms with van der Waals surface area (Å²) in [5.41, 5.74) is 5.17. The van der Waals surface area contributed by atoms with Gasteiger partial charge in [0.1, 0.15) is 12.1 Å². The molecule has 0 unspecified atom stereocenters. The Kier molecular flexibility index (Phi) is 4.17. The summed E-state index contributed by atoms with van der Waals surface area (Å²) < 4.78 is 0. The number of hydrogen-bond acceptors (Lipinski definition) is 5. The number of hydrogen-bond donors (Lipinski definition) is 1. The Morgan fingerprint density at radius 2 is 1.74 bits per heavy atom. The fourth-order valence-electron chi connectivity index (χ4n) is 4.46. The first-order chi connectivity index (χ1) is 13.3. The second kappa shape index (κ2) is 6.82. The highest BCUT2D eigenvalue weighted by atomic mass is 15.2. The molecule has 1 saturated heterocycles. The molecule has 2 aliphatic heterocycles. The van der Waals surface area contributed by atoms with Crippen molar-refractivity contribution in [1.82, 2.24) is 15.3 Å². The fraction of sp³-hybridized carbons (Fsp3) is 0.364. The molecule has 3 aromatic rings. The van der Waals surface area contributed by atoms with Gasteiger partial charge >= 0.3 is 0 Å². The van der Waals surface area contributed by atoms with Gasteiger partial charge in [-0.3, -0.25) is 0 Å². The molecule has 0 saturated carbocycles. The Hall–Kier alpha value is -2.66. The summed E-state index contributed by atoms with van der Waals surface area (Å²) in [5, 5.41) is 6.09. The predicted molar refractivity (Wildman–Crippen MR) is 111 cm³/mol. The van der Waals surface area contributed by atoms with Crippen molar-refractivity contribution in [2.75, 3.05) is 42.5 Å². The number of piperazine rings is 1. The number of nitrogens with one attached hydrogen (secondary N) is 1. The lowest BCUT2D eigenvalue weighted by atomic mass is 10.00. The number of anilines is 2. The van der Waals surface area contributed by atoms with E-state index in [4.69, 9.17) is 0 Å². The fourth-order valence-corrected chi connectivity index (χ4v) is 4.46. The average molecular weight is 359 g/mol. The first-order valence-electron chi connectivity index (χ1n) is 9.83. The van der Waals surface area contributed by atoms with Crippen molar-refractivity contribution in [3.63, 3.8) is 0 Å². The molecule has 27 heavy (non-hydrogen) atoms. The molecule has 0 radical (unpaired) electrons. The van der Waals surface area contributed by atoms with Crippen LogP contribution in [0.3, 0.4) is 0 Å². The van der Waals surface area contributed by atoms with E-state index in [0.717, 1.165) is 51.5 Å².